The van der Waals surface area contributed by atoms with Gasteiger partial charge < -0.3 is 10.2 Å². The zero-order valence-corrected chi connectivity index (χ0v) is 14.8. The van der Waals surface area contributed by atoms with Crippen molar-refractivity contribution in [3.05, 3.63) is 52.2 Å². The van der Waals surface area contributed by atoms with Crippen LogP contribution in [0.5, 0.6) is 0 Å². The van der Waals surface area contributed by atoms with Crippen LogP contribution in [0.4, 0.5) is 10.1 Å². The predicted molar refractivity (Wildman–Crippen MR) is 96.6 cm³/mol. The van der Waals surface area contributed by atoms with Crippen LogP contribution >= 0.6 is 11.6 Å². The smallest absolute Gasteiger partial charge is 0.166 e. The number of rotatable bonds is 3. The van der Waals surface area contributed by atoms with Crippen LogP contribution in [-0.2, 0) is 11.2 Å². The summed E-state index contributed by atoms with van der Waals surface area (Å²) in [5.74, 6) is 0.0413. The fourth-order valence-electron chi connectivity index (χ4n) is 4.51. The Labute approximate surface area is 150 Å². The number of carbonyl (C=O) groups is 1. The number of hydrogen-bond acceptors (Lipinski definition) is 3. The van der Waals surface area contributed by atoms with Crippen molar-refractivity contribution < 1.29 is 13.6 Å². The summed E-state index contributed by atoms with van der Waals surface area (Å²) in [4.78, 5) is 12.8. The molecule has 4 rings (SSSR count). The van der Waals surface area contributed by atoms with E-state index in [2.05, 4.69) is 6.92 Å². The van der Waals surface area contributed by atoms with E-state index >= 15 is 0 Å². The zero-order valence-electron chi connectivity index (χ0n) is 14.0. The average Bonchev–Trinajstić information content (AvgIpc) is 3.21. The standard InChI is InChI=1S/C20H19ClFNO2/c1-2-6-20-7-5-14(24)16(15-4-3-8-25-15)17(20)11-9-13(22)19(23)18(21)12(11)10-20/h3-4,8-9H,2,5-7,10,23H2,1H3. The van der Waals surface area contributed by atoms with E-state index in [0.717, 1.165) is 30.4 Å². The molecule has 1 unspecified atom stereocenters. The second kappa shape index (κ2) is 5.73. The van der Waals surface area contributed by atoms with Gasteiger partial charge in [0.15, 0.2) is 5.78 Å². The third kappa shape index (κ3) is 2.27. The van der Waals surface area contributed by atoms with Crippen LogP contribution in [0.2, 0.25) is 5.02 Å². The Morgan fingerprint density at radius 1 is 1.44 bits per heavy atom. The molecular formula is C20H19ClFNO2. The summed E-state index contributed by atoms with van der Waals surface area (Å²) >= 11 is 6.38. The number of nitrogen functional groups attached to an aromatic ring is 1. The molecule has 1 aromatic heterocycles. The summed E-state index contributed by atoms with van der Waals surface area (Å²) in [7, 11) is 0. The molecular weight excluding hydrogens is 341 g/mol. The zero-order chi connectivity index (χ0) is 17.8. The van der Waals surface area contributed by atoms with Gasteiger partial charge in [-0.1, -0.05) is 24.9 Å². The van der Waals surface area contributed by atoms with Gasteiger partial charge in [-0.3, -0.25) is 4.79 Å². The molecule has 3 nitrogen and oxygen atoms in total. The van der Waals surface area contributed by atoms with Crippen LogP contribution in [0.1, 0.15) is 49.5 Å². The summed E-state index contributed by atoms with van der Waals surface area (Å²) in [5, 5.41) is 0.277. The number of nitrogens with two attached hydrogens (primary N) is 1. The first-order valence-corrected chi connectivity index (χ1v) is 8.95. The SMILES string of the molecule is CCCC12CCC(=O)C(c3ccco3)=C1c1cc(F)c(N)c(Cl)c1C2. The number of Topliss-reactive ketones (excluding diaryl/α,β-unsaturated/α-hetero) is 1. The van der Waals surface area contributed by atoms with Crippen molar-refractivity contribution in [2.45, 2.75) is 39.0 Å². The van der Waals surface area contributed by atoms with Gasteiger partial charge in [0, 0.05) is 11.8 Å². The van der Waals surface area contributed by atoms with Crippen molar-refractivity contribution in [2.75, 3.05) is 5.73 Å². The first-order valence-electron chi connectivity index (χ1n) is 8.57. The van der Waals surface area contributed by atoms with E-state index in [1.807, 2.05) is 0 Å². The number of fused-ring (bicyclic) bond motifs is 3. The Bertz CT molecular complexity index is 901. The molecule has 1 heterocycles. The van der Waals surface area contributed by atoms with Crippen LogP contribution in [-0.4, -0.2) is 5.78 Å². The van der Waals surface area contributed by atoms with Gasteiger partial charge in [-0.25, -0.2) is 4.39 Å². The number of benzene rings is 1. The Hall–Kier alpha value is -2.07. The van der Waals surface area contributed by atoms with Gasteiger partial charge in [0.25, 0.3) is 0 Å². The quantitative estimate of drug-likeness (QED) is 0.759. The highest BCUT2D eigenvalue weighted by molar-refractivity contribution is 6.35. The maximum absolute atomic E-state index is 14.3. The largest absolute Gasteiger partial charge is 0.464 e. The number of anilines is 1. The lowest BCUT2D eigenvalue weighted by molar-refractivity contribution is -0.114. The lowest BCUT2D eigenvalue weighted by Crippen LogP contribution is -2.28. The van der Waals surface area contributed by atoms with Crippen molar-refractivity contribution in [3.63, 3.8) is 0 Å². The molecule has 1 aromatic carbocycles. The van der Waals surface area contributed by atoms with Crippen molar-refractivity contribution in [3.8, 4) is 0 Å². The van der Waals surface area contributed by atoms with E-state index in [1.54, 1.807) is 18.4 Å². The molecule has 2 aliphatic carbocycles. The molecule has 0 fully saturated rings. The topological polar surface area (TPSA) is 56.2 Å². The molecule has 0 aliphatic heterocycles. The van der Waals surface area contributed by atoms with E-state index in [1.165, 1.54) is 6.07 Å². The van der Waals surface area contributed by atoms with Gasteiger partial charge in [-0.2, -0.15) is 0 Å². The molecule has 0 amide bonds. The molecule has 2 aromatic rings. The van der Waals surface area contributed by atoms with Crippen molar-refractivity contribution >= 4 is 34.2 Å². The number of hydrogen-bond donors (Lipinski definition) is 1. The normalized spacial score (nSPS) is 22.3. The molecule has 130 valence electrons. The van der Waals surface area contributed by atoms with Gasteiger partial charge >= 0.3 is 0 Å². The van der Waals surface area contributed by atoms with E-state index < -0.39 is 5.82 Å². The average molecular weight is 360 g/mol. The highest BCUT2D eigenvalue weighted by Crippen LogP contribution is 2.59. The van der Waals surface area contributed by atoms with Crippen molar-refractivity contribution in [2.24, 2.45) is 5.41 Å². The van der Waals surface area contributed by atoms with Gasteiger partial charge in [-0.15, -0.1) is 0 Å². The van der Waals surface area contributed by atoms with Crippen LogP contribution < -0.4 is 5.73 Å². The molecule has 0 radical (unpaired) electrons. The number of ketones is 1. The molecule has 1 atom stereocenters. The van der Waals surface area contributed by atoms with E-state index in [-0.39, 0.29) is 21.9 Å². The van der Waals surface area contributed by atoms with Crippen molar-refractivity contribution in [1.29, 1.82) is 0 Å². The number of furan rings is 1. The van der Waals surface area contributed by atoms with Gasteiger partial charge in [-0.05, 0) is 54.2 Å². The van der Waals surface area contributed by atoms with Crippen LogP contribution in [0.3, 0.4) is 0 Å². The molecule has 2 N–H and O–H groups in total. The Morgan fingerprint density at radius 3 is 2.92 bits per heavy atom. The third-order valence-corrected chi connectivity index (χ3v) is 5.96. The lowest BCUT2D eigenvalue weighted by atomic mass is 9.67. The molecule has 2 aliphatic rings. The highest BCUT2D eigenvalue weighted by Gasteiger charge is 2.48. The summed E-state index contributed by atoms with van der Waals surface area (Å²) in [6.45, 7) is 2.12. The second-order valence-corrected chi connectivity index (χ2v) is 7.35. The maximum atomic E-state index is 14.3. The van der Waals surface area contributed by atoms with Gasteiger partial charge in [0.1, 0.15) is 11.6 Å². The molecule has 5 heteroatoms. The first kappa shape index (κ1) is 16.4. The van der Waals surface area contributed by atoms with E-state index in [4.69, 9.17) is 21.8 Å². The predicted octanol–water partition coefficient (Wildman–Crippen LogP) is 5.27. The molecule has 0 spiro atoms. The fourth-order valence-corrected chi connectivity index (χ4v) is 4.77. The molecule has 0 saturated heterocycles. The summed E-state index contributed by atoms with van der Waals surface area (Å²) < 4.78 is 19.9. The summed E-state index contributed by atoms with van der Waals surface area (Å²) in [5.41, 5.74) is 8.60. The molecule has 25 heavy (non-hydrogen) atoms. The summed E-state index contributed by atoms with van der Waals surface area (Å²) in [6, 6.07) is 4.99. The number of allylic oxidation sites excluding steroid dienone is 2. The number of halogens is 2. The third-order valence-electron chi connectivity index (χ3n) is 5.53. The van der Waals surface area contributed by atoms with Gasteiger partial charge in [0.2, 0.25) is 0 Å². The fraction of sp³-hybridized carbons (Fsp3) is 0.350. The van der Waals surface area contributed by atoms with E-state index in [0.29, 0.717) is 29.7 Å². The van der Waals surface area contributed by atoms with Crippen LogP contribution in [0.25, 0.3) is 11.1 Å². The Morgan fingerprint density at radius 2 is 2.24 bits per heavy atom. The monoisotopic (exact) mass is 359 g/mol. The maximum Gasteiger partial charge on any atom is 0.166 e. The van der Waals surface area contributed by atoms with Crippen molar-refractivity contribution in [1.82, 2.24) is 0 Å². The minimum atomic E-state index is -0.541. The van der Waals surface area contributed by atoms with E-state index in [9.17, 15) is 9.18 Å². The second-order valence-electron chi connectivity index (χ2n) is 6.97. The number of carbonyl (C=O) groups excluding carboxylic acids is 1. The molecule has 0 saturated carbocycles. The van der Waals surface area contributed by atoms with Crippen LogP contribution in [0.15, 0.2) is 28.9 Å². The first-order chi connectivity index (χ1) is 12.0. The summed E-state index contributed by atoms with van der Waals surface area (Å²) in [6.07, 6.45) is 5.32. The highest BCUT2D eigenvalue weighted by atomic mass is 35.5. The van der Waals surface area contributed by atoms with Crippen LogP contribution in [0, 0.1) is 11.2 Å². The minimum Gasteiger partial charge on any atom is -0.464 e. The molecule has 0 bridgehead atoms. The Balaban J connectivity index is 2.07. The Kier molecular flexibility index (Phi) is 3.76. The minimum absolute atomic E-state index is 0.0165. The van der Waals surface area contributed by atoms with Gasteiger partial charge in [0.05, 0.1) is 22.5 Å². The lowest BCUT2D eigenvalue weighted by Gasteiger charge is -2.35.